The molecular formula is C9H11ClF2N2O. The average molecular weight is 237 g/mol. The molecule has 1 rings (SSSR count). The van der Waals surface area contributed by atoms with Gasteiger partial charge in [-0.15, -0.1) is 0 Å². The maximum Gasteiger partial charge on any atom is 0.282 e. The van der Waals surface area contributed by atoms with Gasteiger partial charge < -0.3 is 0 Å². The maximum atomic E-state index is 12.5. The Morgan fingerprint density at radius 2 is 2.13 bits per heavy atom. The number of alkyl halides is 2. The number of nitrogens with zero attached hydrogens (tertiary/aromatic N) is 2. The van der Waals surface area contributed by atoms with Crippen LogP contribution >= 0.6 is 11.6 Å². The van der Waals surface area contributed by atoms with E-state index in [2.05, 4.69) is 5.10 Å². The first-order valence-electron chi connectivity index (χ1n) is 4.46. The second kappa shape index (κ2) is 4.70. The molecule has 0 bridgehead atoms. The summed E-state index contributed by atoms with van der Waals surface area (Å²) in [6.45, 7) is 4.22. The maximum absolute atomic E-state index is 12.5. The molecule has 1 aromatic rings. The van der Waals surface area contributed by atoms with Crippen molar-refractivity contribution >= 4 is 17.9 Å². The van der Waals surface area contributed by atoms with Crippen molar-refractivity contribution in [3.63, 3.8) is 0 Å². The summed E-state index contributed by atoms with van der Waals surface area (Å²) in [6, 6.07) is 0. The van der Waals surface area contributed by atoms with Gasteiger partial charge in [0.1, 0.15) is 10.8 Å². The molecule has 0 aliphatic heterocycles. The number of carbonyl (C=O) groups excluding carboxylic acids is 1. The molecule has 0 fully saturated rings. The molecule has 0 amide bonds. The van der Waals surface area contributed by atoms with Crippen LogP contribution in [0.25, 0.3) is 0 Å². The summed E-state index contributed by atoms with van der Waals surface area (Å²) in [5.41, 5.74) is -0.761. The van der Waals surface area contributed by atoms with E-state index in [-0.39, 0.29) is 16.6 Å². The highest BCUT2D eigenvalue weighted by molar-refractivity contribution is 6.32. The fraction of sp³-hybridized carbons (Fsp3) is 0.556. The molecule has 0 aliphatic carbocycles. The van der Waals surface area contributed by atoms with Crippen LogP contribution in [0.5, 0.6) is 0 Å². The summed E-state index contributed by atoms with van der Waals surface area (Å²) in [4.78, 5) is 10.6. The van der Waals surface area contributed by atoms with Crippen molar-refractivity contribution in [1.82, 2.24) is 9.78 Å². The first-order chi connectivity index (χ1) is 6.97. The molecule has 1 heterocycles. The van der Waals surface area contributed by atoms with Gasteiger partial charge in [-0.05, 0) is 5.92 Å². The van der Waals surface area contributed by atoms with Crippen molar-refractivity contribution < 1.29 is 13.6 Å². The normalized spacial score (nSPS) is 11.4. The standard InChI is InChI=1S/C9H11ClF2N2O/c1-5(2)3-14-8(10)6(4-15)7(13-14)9(11)12/h4-5,9H,3H2,1-2H3. The number of hydrogen-bond acceptors (Lipinski definition) is 2. The highest BCUT2D eigenvalue weighted by Crippen LogP contribution is 2.26. The fourth-order valence-electron chi connectivity index (χ4n) is 1.21. The molecule has 0 N–H and O–H groups in total. The zero-order valence-electron chi connectivity index (χ0n) is 8.38. The van der Waals surface area contributed by atoms with Crippen LogP contribution in [0, 0.1) is 5.92 Å². The number of rotatable bonds is 4. The molecule has 0 atom stereocenters. The average Bonchev–Trinajstić information content (AvgIpc) is 2.43. The smallest absolute Gasteiger partial charge is 0.282 e. The number of aromatic nitrogens is 2. The lowest BCUT2D eigenvalue weighted by Gasteiger charge is -2.05. The predicted molar refractivity (Wildman–Crippen MR) is 52.4 cm³/mol. The molecule has 15 heavy (non-hydrogen) atoms. The van der Waals surface area contributed by atoms with E-state index in [4.69, 9.17) is 11.6 Å². The summed E-state index contributed by atoms with van der Waals surface area (Å²) in [5.74, 6) is 0.215. The van der Waals surface area contributed by atoms with Gasteiger partial charge in [0.15, 0.2) is 6.29 Å². The number of hydrogen-bond donors (Lipinski definition) is 0. The second-order valence-corrected chi connectivity index (χ2v) is 3.94. The molecule has 0 saturated heterocycles. The molecule has 0 aromatic carbocycles. The van der Waals surface area contributed by atoms with Crippen LogP contribution in [0.3, 0.4) is 0 Å². The molecule has 6 heteroatoms. The molecule has 0 aliphatic rings. The Hall–Kier alpha value is -0.970. The van der Waals surface area contributed by atoms with Crippen LogP contribution in [0.15, 0.2) is 0 Å². The Labute approximate surface area is 91.0 Å². The minimum atomic E-state index is -2.78. The van der Waals surface area contributed by atoms with E-state index in [0.29, 0.717) is 12.8 Å². The van der Waals surface area contributed by atoms with Gasteiger partial charge in [-0.1, -0.05) is 25.4 Å². The molecular weight excluding hydrogens is 226 g/mol. The van der Waals surface area contributed by atoms with Gasteiger partial charge in [0.05, 0.1) is 5.56 Å². The van der Waals surface area contributed by atoms with Gasteiger partial charge in [0, 0.05) is 6.54 Å². The van der Waals surface area contributed by atoms with Crippen LogP contribution in [-0.2, 0) is 6.54 Å². The van der Waals surface area contributed by atoms with Gasteiger partial charge in [-0.2, -0.15) is 5.10 Å². The highest BCUT2D eigenvalue weighted by Gasteiger charge is 2.22. The lowest BCUT2D eigenvalue weighted by atomic mass is 10.2. The van der Waals surface area contributed by atoms with Crippen molar-refractivity contribution in [2.45, 2.75) is 26.8 Å². The van der Waals surface area contributed by atoms with E-state index >= 15 is 0 Å². The van der Waals surface area contributed by atoms with E-state index in [1.54, 1.807) is 0 Å². The summed E-state index contributed by atoms with van der Waals surface area (Å²) >= 11 is 5.75. The third kappa shape index (κ3) is 2.53. The third-order valence-electron chi connectivity index (χ3n) is 1.82. The molecule has 0 saturated carbocycles. The monoisotopic (exact) mass is 236 g/mol. The largest absolute Gasteiger partial charge is 0.298 e. The predicted octanol–water partition coefficient (Wildman–Crippen LogP) is 2.94. The van der Waals surface area contributed by atoms with Crippen molar-refractivity contribution in [3.8, 4) is 0 Å². The highest BCUT2D eigenvalue weighted by atomic mass is 35.5. The molecule has 1 aromatic heterocycles. The molecule has 84 valence electrons. The zero-order chi connectivity index (χ0) is 11.6. The number of halogens is 3. The summed E-state index contributed by atoms with van der Waals surface area (Å²) < 4.78 is 26.1. The van der Waals surface area contributed by atoms with Gasteiger partial charge in [0.2, 0.25) is 0 Å². The topological polar surface area (TPSA) is 34.9 Å². The minimum absolute atomic E-state index is 0.0194. The van der Waals surface area contributed by atoms with Gasteiger partial charge in [0.25, 0.3) is 6.43 Å². The van der Waals surface area contributed by atoms with E-state index in [0.717, 1.165) is 0 Å². The molecule has 0 unspecified atom stereocenters. The first-order valence-corrected chi connectivity index (χ1v) is 4.84. The quantitative estimate of drug-likeness (QED) is 0.754. The Balaban J connectivity index is 3.15. The van der Waals surface area contributed by atoms with E-state index in [1.165, 1.54) is 4.68 Å². The van der Waals surface area contributed by atoms with Crippen molar-refractivity contribution in [1.29, 1.82) is 0 Å². The molecule has 0 radical (unpaired) electrons. The summed E-state index contributed by atoms with van der Waals surface area (Å²) in [6.07, 6.45) is -2.47. The van der Waals surface area contributed by atoms with E-state index in [1.807, 2.05) is 13.8 Å². The molecule has 3 nitrogen and oxygen atoms in total. The van der Waals surface area contributed by atoms with Gasteiger partial charge in [-0.25, -0.2) is 8.78 Å². The van der Waals surface area contributed by atoms with Crippen LogP contribution in [-0.4, -0.2) is 16.1 Å². The summed E-state index contributed by atoms with van der Waals surface area (Å²) in [7, 11) is 0. The lowest BCUT2D eigenvalue weighted by Crippen LogP contribution is -2.06. The SMILES string of the molecule is CC(C)Cn1nc(C(F)F)c(C=O)c1Cl. The van der Waals surface area contributed by atoms with Gasteiger partial charge >= 0.3 is 0 Å². The second-order valence-electron chi connectivity index (χ2n) is 3.58. The van der Waals surface area contributed by atoms with Gasteiger partial charge in [-0.3, -0.25) is 9.48 Å². The first kappa shape index (κ1) is 12.1. The lowest BCUT2D eigenvalue weighted by molar-refractivity contribution is 0.110. The van der Waals surface area contributed by atoms with E-state index in [9.17, 15) is 13.6 Å². The number of carbonyl (C=O) groups is 1. The zero-order valence-corrected chi connectivity index (χ0v) is 9.13. The Kier molecular flexibility index (Phi) is 3.79. The minimum Gasteiger partial charge on any atom is -0.298 e. The fourth-order valence-corrected chi connectivity index (χ4v) is 1.46. The van der Waals surface area contributed by atoms with Crippen LogP contribution in [0.2, 0.25) is 5.15 Å². The Morgan fingerprint density at radius 3 is 2.47 bits per heavy atom. The Bertz CT molecular complexity index is 363. The summed E-state index contributed by atoms with van der Waals surface area (Å²) in [5, 5.41) is 3.60. The Morgan fingerprint density at radius 1 is 1.53 bits per heavy atom. The van der Waals surface area contributed by atoms with Crippen LogP contribution in [0.4, 0.5) is 8.78 Å². The third-order valence-corrected chi connectivity index (χ3v) is 2.21. The van der Waals surface area contributed by atoms with Crippen LogP contribution in [0.1, 0.15) is 36.3 Å². The van der Waals surface area contributed by atoms with Crippen molar-refractivity contribution in [2.24, 2.45) is 5.92 Å². The van der Waals surface area contributed by atoms with Crippen molar-refractivity contribution in [3.05, 3.63) is 16.4 Å². The molecule has 0 spiro atoms. The van der Waals surface area contributed by atoms with Crippen molar-refractivity contribution in [2.75, 3.05) is 0 Å². The van der Waals surface area contributed by atoms with Crippen LogP contribution < -0.4 is 0 Å². The number of aldehydes is 1. The van der Waals surface area contributed by atoms with E-state index < -0.39 is 12.1 Å².